The first kappa shape index (κ1) is 13.8. The van der Waals surface area contributed by atoms with Gasteiger partial charge < -0.3 is 9.84 Å². The fourth-order valence-electron chi connectivity index (χ4n) is 2.62. The Morgan fingerprint density at radius 1 is 1.37 bits per heavy atom. The summed E-state index contributed by atoms with van der Waals surface area (Å²) >= 11 is 0. The molecule has 0 spiro atoms. The van der Waals surface area contributed by atoms with E-state index in [4.69, 9.17) is 9.84 Å². The van der Waals surface area contributed by atoms with Gasteiger partial charge in [-0.15, -0.1) is 0 Å². The summed E-state index contributed by atoms with van der Waals surface area (Å²) in [6.45, 7) is 2.17. The van der Waals surface area contributed by atoms with Crippen molar-refractivity contribution >= 4 is 5.97 Å². The lowest BCUT2D eigenvalue weighted by Crippen LogP contribution is -2.25. The summed E-state index contributed by atoms with van der Waals surface area (Å²) in [4.78, 5) is 11.1. The molecule has 1 aliphatic carbocycles. The maximum atomic E-state index is 13.7. The molecule has 1 aromatic carbocycles. The maximum Gasteiger partial charge on any atom is 0.339 e. The van der Waals surface area contributed by atoms with Crippen LogP contribution in [0.1, 0.15) is 49.4 Å². The van der Waals surface area contributed by atoms with E-state index in [9.17, 15) is 9.18 Å². The number of carboxylic acid groups (broad SMARTS) is 1. The van der Waals surface area contributed by atoms with Crippen molar-refractivity contribution in [3.05, 3.63) is 29.6 Å². The Kier molecular flexibility index (Phi) is 4.40. The predicted molar refractivity (Wildman–Crippen MR) is 70.0 cm³/mol. The van der Waals surface area contributed by atoms with Crippen molar-refractivity contribution in [2.24, 2.45) is 5.92 Å². The molecule has 1 aliphatic rings. The van der Waals surface area contributed by atoms with Crippen molar-refractivity contribution < 1.29 is 19.0 Å². The molecule has 0 amide bonds. The van der Waals surface area contributed by atoms with Gasteiger partial charge in [0.15, 0.2) is 11.6 Å². The van der Waals surface area contributed by atoms with E-state index < -0.39 is 11.8 Å². The molecular weight excluding hydrogens is 247 g/mol. The van der Waals surface area contributed by atoms with E-state index in [-0.39, 0.29) is 17.4 Å². The molecule has 3 nitrogen and oxygen atoms in total. The van der Waals surface area contributed by atoms with Crippen molar-refractivity contribution in [1.82, 2.24) is 0 Å². The second-order valence-electron chi connectivity index (χ2n) is 5.09. The lowest BCUT2D eigenvalue weighted by molar-refractivity contribution is 0.0680. The lowest BCUT2D eigenvalue weighted by Gasteiger charge is -2.28. The lowest BCUT2D eigenvalue weighted by atomic mass is 9.86. The molecule has 1 saturated carbocycles. The molecule has 0 aliphatic heterocycles. The molecule has 2 rings (SSSR count). The molecule has 4 heteroatoms. The molecular formula is C15H19FO3. The topological polar surface area (TPSA) is 46.5 Å². The van der Waals surface area contributed by atoms with E-state index in [1.165, 1.54) is 18.2 Å². The molecule has 1 fully saturated rings. The highest BCUT2D eigenvalue weighted by Crippen LogP contribution is 2.31. The van der Waals surface area contributed by atoms with Crippen molar-refractivity contribution in [2.75, 3.05) is 0 Å². The molecule has 0 atom stereocenters. The third kappa shape index (κ3) is 3.25. The number of hydrogen-bond acceptors (Lipinski definition) is 2. The van der Waals surface area contributed by atoms with E-state index in [2.05, 4.69) is 6.92 Å². The Labute approximate surface area is 112 Å². The second kappa shape index (κ2) is 6.04. The van der Waals surface area contributed by atoms with Gasteiger partial charge in [-0.3, -0.25) is 0 Å². The van der Waals surface area contributed by atoms with Crippen LogP contribution in [0.15, 0.2) is 18.2 Å². The van der Waals surface area contributed by atoms with E-state index >= 15 is 0 Å². The van der Waals surface area contributed by atoms with Crippen LogP contribution in [0.25, 0.3) is 0 Å². The molecule has 1 N–H and O–H groups in total. The van der Waals surface area contributed by atoms with E-state index in [1.807, 2.05) is 0 Å². The van der Waals surface area contributed by atoms with E-state index in [1.54, 1.807) is 0 Å². The van der Waals surface area contributed by atoms with Gasteiger partial charge in [-0.2, -0.15) is 0 Å². The summed E-state index contributed by atoms with van der Waals surface area (Å²) < 4.78 is 19.3. The van der Waals surface area contributed by atoms with Crippen LogP contribution in [-0.4, -0.2) is 17.2 Å². The zero-order valence-electron chi connectivity index (χ0n) is 11.1. The van der Waals surface area contributed by atoms with Gasteiger partial charge >= 0.3 is 5.97 Å². The van der Waals surface area contributed by atoms with Crippen molar-refractivity contribution in [1.29, 1.82) is 0 Å². The fourth-order valence-corrected chi connectivity index (χ4v) is 2.62. The largest absolute Gasteiger partial charge is 0.486 e. The minimum absolute atomic E-state index is 0.0715. The smallest absolute Gasteiger partial charge is 0.339 e. The number of halogens is 1. The van der Waals surface area contributed by atoms with Gasteiger partial charge in [0.2, 0.25) is 0 Å². The SMILES string of the molecule is CCC1CCC(Oc2c(F)cccc2C(=O)O)CC1. The summed E-state index contributed by atoms with van der Waals surface area (Å²) in [5.41, 5.74) is -0.0994. The first-order valence-electron chi connectivity index (χ1n) is 6.80. The number of carboxylic acids is 1. The Morgan fingerprint density at radius 2 is 2.05 bits per heavy atom. The van der Waals surface area contributed by atoms with Crippen LogP contribution in [0.5, 0.6) is 5.75 Å². The minimum atomic E-state index is -1.16. The summed E-state index contributed by atoms with van der Waals surface area (Å²) in [6, 6.07) is 4.00. The van der Waals surface area contributed by atoms with Crippen LogP contribution >= 0.6 is 0 Å². The van der Waals surface area contributed by atoms with Gasteiger partial charge in [0.25, 0.3) is 0 Å². The second-order valence-corrected chi connectivity index (χ2v) is 5.09. The highest BCUT2D eigenvalue weighted by molar-refractivity contribution is 5.90. The van der Waals surface area contributed by atoms with Crippen LogP contribution in [0.3, 0.4) is 0 Å². The number of aromatic carboxylic acids is 1. The Balaban J connectivity index is 2.09. The molecule has 19 heavy (non-hydrogen) atoms. The Bertz CT molecular complexity index is 451. The van der Waals surface area contributed by atoms with Crippen LogP contribution in [0.2, 0.25) is 0 Å². The highest BCUT2D eigenvalue weighted by Gasteiger charge is 2.24. The molecule has 0 radical (unpaired) electrons. The normalized spacial score (nSPS) is 23.1. The highest BCUT2D eigenvalue weighted by atomic mass is 19.1. The van der Waals surface area contributed by atoms with Crippen molar-refractivity contribution in [3.8, 4) is 5.75 Å². The predicted octanol–water partition coefficient (Wildman–Crippen LogP) is 3.87. The van der Waals surface area contributed by atoms with Gasteiger partial charge in [0, 0.05) is 0 Å². The number of carbonyl (C=O) groups is 1. The first-order chi connectivity index (χ1) is 9.11. The summed E-state index contributed by atoms with van der Waals surface area (Å²) in [5.74, 6) is -1.15. The average molecular weight is 266 g/mol. The van der Waals surface area contributed by atoms with Gasteiger partial charge in [-0.05, 0) is 43.7 Å². The molecule has 0 heterocycles. The summed E-state index contributed by atoms with van der Waals surface area (Å²) in [6.07, 6.45) is 4.96. The fraction of sp³-hybridized carbons (Fsp3) is 0.533. The number of para-hydroxylation sites is 1. The molecule has 0 bridgehead atoms. The van der Waals surface area contributed by atoms with Crippen molar-refractivity contribution in [3.63, 3.8) is 0 Å². The molecule has 1 aromatic rings. The van der Waals surface area contributed by atoms with E-state index in [0.717, 1.165) is 38.0 Å². The standard InChI is InChI=1S/C15H19FO3/c1-2-10-6-8-11(9-7-10)19-14-12(15(17)18)4-3-5-13(14)16/h3-5,10-11H,2,6-9H2,1H3,(H,17,18). The quantitative estimate of drug-likeness (QED) is 0.899. The van der Waals surface area contributed by atoms with Gasteiger partial charge in [-0.1, -0.05) is 19.4 Å². The van der Waals surface area contributed by atoms with Gasteiger partial charge in [0.1, 0.15) is 5.56 Å². The van der Waals surface area contributed by atoms with Gasteiger partial charge in [0.05, 0.1) is 6.10 Å². The number of hydrogen-bond donors (Lipinski definition) is 1. The molecule has 0 unspecified atom stereocenters. The Morgan fingerprint density at radius 3 is 2.63 bits per heavy atom. The molecule has 104 valence electrons. The van der Waals surface area contributed by atoms with Crippen molar-refractivity contribution in [2.45, 2.75) is 45.1 Å². The number of ether oxygens (including phenoxy) is 1. The third-order valence-corrected chi connectivity index (χ3v) is 3.85. The maximum absolute atomic E-state index is 13.7. The zero-order chi connectivity index (χ0) is 13.8. The number of benzene rings is 1. The van der Waals surface area contributed by atoms with Crippen LogP contribution in [0, 0.1) is 11.7 Å². The van der Waals surface area contributed by atoms with E-state index in [0.29, 0.717) is 0 Å². The summed E-state index contributed by atoms with van der Waals surface area (Å²) in [7, 11) is 0. The van der Waals surface area contributed by atoms with Crippen LogP contribution in [-0.2, 0) is 0 Å². The summed E-state index contributed by atoms with van der Waals surface area (Å²) in [5, 5.41) is 9.05. The zero-order valence-corrected chi connectivity index (χ0v) is 11.1. The van der Waals surface area contributed by atoms with Gasteiger partial charge in [-0.25, -0.2) is 9.18 Å². The monoisotopic (exact) mass is 266 g/mol. The first-order valence-corrected chi connectivity index (χ1v) is 6.80. The third-order valence-electron chi connectivity index (χ3n) is 3.85. The van der Waals surface area contributed by atoms with Crippen LogP contribution in [0.4, 0.5) is 4.39 Å². The average Bonchev–Trinajstić information content (AvgIpc) is 2.41. The number of rotatable bonds is 4. The van der Waals surface area contributed by atoms with Crippen LogP contribution < -0.4 is 4.74 Å². The molecule has 0 saturated heterocycles. The molecule has 0 aromatic heterocycles. The minimum Gasteiger partial charge on any atom is -0.486 e. The Hall–Kier alpha value is -1.58.